The number of nitrogens with zero attached hydrogens (tertiary/aromatic N) is 3. The molecule has 0 aliphatic carbocycles. The molecule has 2 aromatic heterocycles. The van der Waals surface area contributed by atoms with Gasteiger partial charge in [0.25, 0.3) is 0 Å². The van der Waals surface area contributed by atoms with Crippen LogP contribution in [0.5, 0.6) is 0 Å². The van der Waals surface area contributed by atoms with Crippen molar-refractivity contribution < 1.29 is 9.90 Å². The number of halogens is 3. The van der Waals surface area contributed by atoms with Gasteiger partial charge in [0.1, 0.15) is 14.8 Å². The van der Waals surface area contributed by atoms with Crippen molar-refractivity contribution in [1.29, 1.82) is 0 Å². The predicted molar refractivity (Wildman–Crippen MR) is 97.4 cm³/mol. The first-order valence-corrected chi connectivity index (χ1v) is 8.97. The summed E-state index contributed by atoms with van der Waals surface area (Å²) in [5.74, 6) is 0.530. The van der Waals surface area contributed by atoms with Crippen molar-refractivity contribution in [1.82, 2.24) is 20.3 Å². The summed E-state index contributed by atoms with van der Waals surface area (Å²) >= 11 is 16.7. The monoisotopic (exact) mass is 451 g/mol. The third-order valence-electron chi connectivity index (χ3n) is 2.70. The molecular formula is C13H12BrCl2N5O2S. The molecule has 0 spiro atoms. The molecule has 0 bridgehead atoms. The highest BCUT2D eigenvalue weighted by Gasteiger charge is 2.13. The van der Waals surface area contributed by atoms with Crippen LogP contribution in [0.2, 0.25) is 10.2 Å². The number of aromatic nitrogens is 3. The van der Waals surface area contributed by atoms with Crippen molar-refractivity contribution in [2.75, 3.05) is 18.4 Å². The minimum Gasteiger partial charge on any atom is -0.465 e. The van der Waals surface area contributed by atoms with E-state index in [0.29, 0.717) is 32.7 Å². The Labute approximate surface area is 160 Å². The zero-order valence-electron chi connectivity index (χ0n) is 12.3. The van der Waals surface area contributed by atoms with Gasteiger partial charge in [-0.15, -0.1) is 0 Å². The van der Waals surface area contributed by atoms with Gasteiger partial charge >= 0.3 is 6.09 Å². The van der Waals surface area contributed by atoms with Gasteiger partial charge in [0.05, 0.1) is 10.7 Å². The Morgan fingerprint density at radius 1 is 1.38 bits per heavy atom. The van der Waals surface area contributed by atoms with E-state index < -0.39 is 6.09 Å². The molecule has 0 saturated carbocycles. The molecule has 2 rings (SSSR count). The van der Waals surface area contributed by atoms with Crippen LogP contribution in [-0.4, -0.2) is 39.2 Å². The van der Waals surface area contributed by atoms with Gasteiger partial charge < -0.3 is 15.7 Å². The average Bonchev–Trinajstić information content (AvgIpc) is 2.52. The summed E-state index contributed by atoms with van der Waals surface area (Å²) in [5.41, 5.74) is 0.695. The molecule has 0 unspecified atom stereocenters. The quantitative estimate of drug-likeness (QED) is 0.448. The van der Waals surface area contributed by atoms with Crippen molar-refractivity contribution in [3.63, 3.8) is 0 Å². The average molecular weight is 453 g/mol. The van der Waals surface area contributed by atoms with Crippen LogP contribution in [0.15, 0.2) is 26.8 Å². The second-order valence-electron chi connectivity index (χ2n) is 4.43. The molecule has 0 aliphatic rings. The molecule has 3 N–H and O–H groups in total. The maximum Gasteiger partial charge on any atom is 0.404 e. The van der Waals surface area contributed by atoms with Crippen LogP contribution in [0.3, 0.4) is 0 Å². The molecular weight excluding hydrogens is 441 g/mol. The van der Waals surface area contributed by atoms with Crippen molar-refractivity contribution >= 4 is 62.8 Å². The zero-order valence-corrected chi connectivity index (χ0v) is 16.2. The molecule has 11 heteroatoms. The highest BCUT2D eigenvalue weighted by molar-refractivity contribution is 9.10. The van der Waals surface area contributed by atoms with Gasteiger partial charge in [-0.1, -0.05) is 35.0 Å². The van der Waals surface area contributed by atoms with Gasteiger partial charge in [0.15, 0.2) is 5.82 Å². The van der Waals surface area contributed by atoms with Crippen LogP contribution >= 0.6 is 50.9 Å². The minimum absolute atomic E-state index is 0.232. The van der Waals surface area contributed by atoms with E-state index in [9.17, 15) is 4.79 Å². The minimum atomic E-state index is -1.07. The Morgan fingerprint density at radius 2 is 2.12 bits per heavy atom. The van der Waals surface area contributed by atoms with Crippen LogP contribution in [0, 0.1) is 6.92 Å². The number of carboxylic acid groups (broad SMARTS) is 1. The Hall–Kier alpha value is -1.29. The summed E-state index contributed by atoms with van der Waals surface area (Å²) in [7, 11) is 0. The fourth-order valence-electron chi connectivity index (χ4n) is 1.63. The van der Waals surface area contributed by atoms with E-state index in [4.69, 9.17) is 28.3 Å². The Kier molecular flexibility index (Phi) is 6.90. The highest BCUT2D eigenvalue weighted by Crippen LogP contribution is 2.37. The van der Waals surface area contributed by atoms with Crippen LogP contribution in [-0.2, 0) is 0 Å². The van der Waals surface area contributed by atoms with Gasteiger partial charge in [-0.05, 0) is 28.9 Å². The smallest absolute Gasteiger partial charge is 0.404 e. The Morgan fingerprint density at radius 3 is 2.83 bits per heavy atom. The number of amides is 1. The van der Waals surface area contributed by atoms with Gasteiger partial charge in [-0.25, -0.2) is 19.7 Å². The predicted octanol–water partition coefficient (Wildman–Crippen LogP) is 4.08. The topological polar surface area (TPSA) is 100 Å². The van der Waals surface area contributed by atoms with E-state index in [-0.39, 0.29) is 11.7 Å². The number of aryl methyl sites for hydroxylation is 1. The summed E-state index contributed by atoms with van der Waals surface area (Å²) in [5, 5.41) is 15.1. The van der Waals surface area contributed by atoms with E-state index in [0.717, 1.165) is 4.90 Å². The number of anilines is 1. The standard InChI is InChI=1S/C13H12BrCl2N5O2S/c1-6-12(24-7-2-3-17-10(16)8(7)15)21-9(14)11(20-6)18-4-5-19-13(22)23/h2-3,19H,4-5H2,1H3,(H,18,20)(H,22,23). The van der Waals surface area contributed by atoms with E-state index in [1.54, 1.807) is 12.3 Å². The number of rotatable bonds is 6. The molecule has 0 fully saturated rings. The van der Waals surface area contributed by atoms with Crippen LogP contribution in [0.1, 0.15) is 5.69 Å². The molecule has 0 aliphatic heterocycles. The summed E-state index contributed by atoms with van der Waals surface area (Å²) in [6.07, 6.45) is 0.498. The second-order valence-corrected chi connectivity index (χ2v) is 6.95. The largest absolute Gasteiger partial charge is 0.465 e. The van der Waals surface area contributed by atoms with E-state index in [1.165, 1.54) is 11.8 Å². The number of nitrogens with one attached hydrogen (secondary N) is 2. The maximum absolute atomic E-state index is 10.4. The Bertz CT molecular complexity index is 765. The number of hydrogen-bond acceptors (Lipinski definition) is 6. The number of pyridine rings is 1. The Balaban J connectivity index is 2.11. The summed E-state index contributed by atoms with van der Waals surface area (Å²) in [6.45, 7) is 2.46. The maximum atomic E-state index is 10.4. The van der Waals surface area contributed by atoms with Gasteiger partial charge in [0, 0.05) is 24.2 Å². The SMILES string of the molecule is Cc1nc(NCCNC(=O)O)c(Br)nc1Sc1ccnc(Cl)c1Cl. The van der Waals surface area contributed by atoms with E-state index in [1.807, 2.05) is 6.92 Å². The highest BCUT2D eigenvalue weighted by atomic mass is 79.9. The summed E-state index contributed by atoms with van der Waals surface area (Å²) in [6, 6.07) is 1.75. The lowest BCUT2D eigenvalue weighted by molar-refractivity contribution is 0.195. The second kappa shape index (κ2) is 8.70. The molecule has 1 amide bonds. The summed E-state index contributed by atoms with van der Waals surface area (Å²) < 4.78 is 0.516. The molecule has 24 heavy (non-hydrogen) atoms. The van der Waals surface area contributed by atoms with E-state index in [2.05, 4.69) is 41.5 Å². The first-order chi connectivity index (χ1) is 11.4. The molecule has 0 saturated heterocycles. The first kappa shape index (κ1) is 19.0. The molecule has 0 atom stereocenters. The molecule has 2 heterocycles. The van der Waals surface area contributed by atoms with Gasteiger partial charge in [-0.3, -0.25) is 0 Å². The van der Waals surface area contributed by atoms with Gasteiger partial charge in [-0.2, -0.15) is 0 Å². The van der Waals surface area contributed by atoms with Crippen LogP contribution in [0.4, 0.5) is 10.6 Å². The molecule has 0 radical (unpaired) electrons. The fraction of sp³-hybridized carbons (Fsp3) is 0.231. The lowest BCUT2D eigenvalue weighted by atomic mass is 10.5. The summed E-state index contributed by atoms with van der Waals surface area (Å²) in [4.78, 5) is 23.9. The molecule has 7 nitrogen and oxygen atoms in total. The van der Waals surface area contributed by atoms with Gasteiger partial charge in [0.2, 0.25) is 0 Å². The number of hydrogen-bond donors (Lipinski definition) is 3. The molecule has 0 aromatic carbocycles. The fourth-order valence-corrected chi connectivity index (χ4v) is 3.45. The molecule has 128 valence electrons. The third kappa shape index (κ3) is 5.10. The third-order valence-corrected chi connectivity index (χ3v) is 5.27. The first-order valence-electron chi connectivity index (χ1n) is 6.61. The zero-order chi connectivity index (χ0) is 17.7. The normalized spacial score (nSPS) is 10.5. The van der Waals surface area contributed by atoms with Crippen molar-refractivity contribution in [2.24, 2.45) is 0 Å². The van der Waals surface area contributed by atoms with Crippen LogP contribution < -0.4 is 10.6 Å². The van der Waals surface area contributed by atoms with Crippen LogP contribution in [0.25, 0.3) is 0 Å². The number of carbonyl (C=O) groups is 1. The van der Waals surface area contributed by atoms with Crippen molar-refractivity contribution in [3.8, 4) is 0 Å². The van der Waals surface area contributed by atoms with Crippen molar-refractivity contribution in [2.45, 2.75) is 16.8 Å². The lowest BCUT2D eigenvalue weighted by Gasteiger charge is -2.11. The lowest BCUT2D eigenvalue weighted by Crippen LogP contribution is -2.27. The van der Waals surface area contributed by atoms with E-state index >= 15 is 0 Å². The van der Waals surface area contributed by atoms with Crippen molar-refractivity contribution in [3.05, 3.63) is 32.7 Å². The molecule has 2 aromatic rings.